The molecule has 1 aromatic heterocycles. The van der Waals surface area contributed by atoms with Gasteiger partial charge in [-0.1, -0.05) is 41.9 Å². The molecule has 5 heteroatoms. The van der Waals surface area contributed by atoms with E-state index in [-0.39, 0.29) is 11.7 Å². The summed E-state index contributed by atoms with van der Waals surface area (Å²) in [5.74, 6) is 0.659. The summed E-state index contributed by atoms with van der Waals surface area (Å²) in [6.07, 6.45) is 3.73. The average Bonchev–Trinajstić information content (AvgIpc) is 2.66. The maximum atomic E-state index is 11.9. The van der Waals surface area contributed by atoms with Crippen LogP contribution in [0.25, 0.3) is 10.8 Å². The number of nitrogens with zero attached hydrogens (tertiary/aromatic N) is 1. The van der Waals surface area contributed by atoms with E-state index >= 15 is 0 Å². The number of hydrogen-bond acceptors (Lipinski definition) is 3. The van der Waals surface area contributed by atoms with E-state index in [9.17, 15) is 4.79 Å². The van der Waals surface area contributed by atoms with Crippen LogP contribution in [-0.4, -0.2) is 29.1 Å². The Labute approximate surface area is 157 Å². The predicted molar refractivity (Wildman–Crippen MR) is 105 cm³/mol. The second-order valence-corrected chi connectivity index (χ2v) is 7.16. The summed E-state index contributed by atoms with van der Waals surface area (Å²) >= 11 is 6.34. The van der Waals surface area contributed by atoms with Gasteiger partial charge in [0.1, 0.15) is 11.9 Å². The summed E-state index contributed by atoms with van der Waals surface area (Å²) in [6.45, 7) is 2.99. The third-order valence-corrected chi connectivity index (χ3v) is 5.20. The van der Waals surface area contributed by atoms with Crippen LogP contribution in [-0.2, 0) is 6.54 Å². The minimum Gasteiger partial charge on any atom is -0.489 e. The third-order valence-electron chi connectivity index (χ3n) is 4.90. The number of ether oxygens (including phenoxy) is 1. The number of benzene rings is 2. The molecule has 1 N–H and O–H groups in total. The van der Waals surface area contributed by atoms with Crippen LogP contribution < -0.4 is 10.3 Å². The van der Waals surface area contributed by atoms with Crippen molar-refractivity contribution in [3.05, 3.63) is 75.7 Å². The molecule has 0 aliphatic carbocycles. The van der Waals surface area contributed by atoms with Crippen molar-refractivity contribution in [3.63, 3.8) is 0 Å². The molecule has 134 valence electrons. The number of halogens is 1. The Balaban J connectivity index is 1.41. The predicted octanol–water partition coefficient (Wildman–Crippen LogP) is 4.22. The van der Waals surface area contributed by atoms with Gasteiger partial charge in [0.2, 0.25) is 0 Å². The van der Waals surface area contributed by atoms with Crippen molar-refractivity contribution < 1.29 is 4.74 Å². The van der Waals surface area contributed by atoms with Gasteiger partial charge in [-0.2, -0.15) is 0 Å². The zero-order valence-electron chi connectivity index (χ0n) is 14.5. The van der Waals surface area contributed by atoms with Gasteiger partial charge in [0, 0.05) is 31.2 Å². The van der Waals surface area contributed by atoms with Gasteiger partial charge in [0.15, 0.2) is 0 Å². The van der Waals surface area contributed by atoms with Crippen LogP contribution in [0, 0.1) is 0 Å². The topological polar surface area (TPSA) is 45.3 Å². The summed E-state index contributed by atoms with van der Waals surface area (Å²) in [5.41, 5.74) is 1.21. The molecule has 3 aromatic rings. The molecule has 2 aromatic carbocycles. The fourth-order valence-electron chi connectivity index (χ4n) is 3.49. The summed E-state index contributed by atoms with van der Waals surface area (Å²) in [5, 5.41) is 1.91. The molecule has 0 radical (unpaired) electrons. The van der Waals surface area contributed by atoms with Crippen molar-refractivity contribution in [3.8, 4) is 5.75 Å². The number of H-pyrrole nitrogens is 1. The maximum absolute atomic E-state index is 11.9. The van der Waals surface area contributed by atoms with Gasteiger partial charge in [-0.3, -0.25) is 9.69 Å². The number of likely N-dealkylation sites (tertiary alicyclic amines) is 1. The van der Waals surface area contributed by atoms with E-state index in [1.54, 1.807) is 12.3 Å². The van der Waals surface area contributed by atoms with Crippen LogP contribution in [0.2, 0.25) is 5.02 Å². The van der Waals surface area contributed by atoms with Crippen LogP contribution >= 0.6 is 11.6 Å². The van der Waals surface area contributed by atoms with Crippen LogP contribution in [0.1, 0.15) is 18.4 Å². The van der Waals surface area contributed by atoms with Gasteiger partial charge in [0.05, 0.1) is 5.02 Å². The molecule has 0 saturated carbocycles. The van der Waals surface area contributed by atoms with Crippen LogP contribution in [0.3, 0.4) is 0 Å². The van der Waals surface area contributed by atoms with E-state index in [0.29, 0.717) is 16.2 Å². The number of hydrogen-bond donors (Lipinski definition) is 1. The van der Waals surface area contributed by atoms with Gasteiger partial charge in [-0.25, -0.2) is 0 Å². The van der Waals surface area contributed by atoms with Crippen molar-refractivity contribution in [1.29, 1.82) is 0 Å². The number of rotatable bonds is 4. The highest BCUT2D eigenvalue weighted by atomic mass is 35.5. The molecule has 1 aliphatic heterocycles. The van der Waals surface area contributed by atoms with Crippen LogP contribution in [0.5, 0.6) is 5.75 Å². The number of piperidine rings is 1. The van der Waals surface area contributed by atoms with Gasteiger partial charge >= 0.3 is 0 Å². The second-order valence-electron chi connectivity index (χ2n) is 6.76. The first-order valence-electron chi connectivity index (χ1n) is 8.93. The van der Waals surface area contributed by atoms with Gasteiger partial charge in [0.25, 0.3) is 5.56 Å². The lowest BCUT2D eigenvalue weighted by molar-refractivity contribution is 0.0970. The molecule has 0 spiro atoms. The van der Waals surface area contributed by atoms with Crippen molar-refractivity contribution >= 4 is 22.4 Å². The molecular weight excluding hydrogens is 348 g/mol. The summed E-state index contributed by atoms with van der Waals surface area (Å²) in [6, 6.07) is 16.0. The van der Waals surface area contributed by atoms with E-state index in [0.717, 1.165) is 37.9 Å². The number of aromatic nitrogens is 1. The lowest BCUT2D eigenvalue weighted by atomic mass is 10.1. The van der Waals surface area contributed by atoms with E-state index in [1.807, 2.05) is 18.2 Å². The Bertz CT molecular complexity index is 947. The van der Waals surface area contributed by atoms with E-state index in [4.69, 9.17) is 16.3 Å². The standard InChI is InChI=1S/C21H21ClN2O2/c22-19-13-18-16(6-9-23-21(18)25)12-20(19)26-17-7-10-24(11-8-17)14-15-4-2-1-3-5-15/h1-6,9,12-13,17H,7-8,10-11,14H2,(H,23,25). The van der Waals surface area contributed by atoms with Crippen molar-refractivity contribution in [2.45, 2.75) is 25.5 Å². The first-order valence-corrected chi connectivity index (χ1v) is 9.31. The minimum atomic E-state index is -0.134. The van der Waals surface area contributed by atoms with Gasteiger partial charge < -0.3 is 9.72 Å². The molecule has 0 amide bonds. The Hall–Kier alpha value is -2.30. The smallest absolute Gasteiger partial charge is 0.255 e. The molecule has 0 unspecified atom stereocenters. The number of fused-ring (bicyclic) bond motifs is 1. The summed E-state index contributed by atoms with van der Waals surface area (Å²) in [4.78, 5) is 17.0. The molecule has 2 heterocycles. The lowest BCUT2D eigenvalue weighted by Crippen LogP contribution is -2.37. The Morgan fingerprint density at radius 2 is 1.88 bits per heavy atom. The maximum Gasteiger partial charge on any atom is 0.255 e. The molecule has 0 bridgehead atoms. The molecule has 1 saturated heterocycles. The van der Waals surface area contributed by atoms with Crippen LogP contribution in [0.15, 0.2) is 59.5 Å². The monoisotopic (exact) mass is 368 g/mol. The van der Waals surface area contributed by atoms with E-state index in [1.165, 1.54) is 5.56 Å². The molecule has 4 nitrogen and oxygen atoms in total. The van der Waals surface area contributed by atoms with Gasteiger partial charge in [-0.15, -0.1) is 0 Å². The molecule has 0 atom stereocenters. The number of pyridine rings is 1. The highest BCUT2D eigenvalue weighted by Crippen LogP contribution is 2.31. The SMILES string of the molecule is O=c1[nH]ccc2cc(OC3CCN(Cc4ccccc4)CC3)c(Cl)cc12. The van der Waals surface area contributed by atoms with Crippen molar-refractivity contribution in [1.82, 2.24) is 9.88 Å². The molecule has 4 rings (SSSR count). The first-order chi connectivity index (χ1) is 12.7. The Morgan fingerprint density at radius 3 is 2.65 bits per heavy atom. The largest absolute Gasteiger partial charge is 0.489 e. The molecule has 26 heavy (non-hydrogen) atoms. The zero-order valence-corrected chi connectivity index (χ0v) is 15.2. The van der Waals surface area contributed by atoms with Crippen molar-refractivity contribution in [2.24, 2.45) is 0 Å². The average molecular weight is 369 g/mol. The quantitative estimate of drug-likeness (QED) is 0.749. The lowest BCUT2D eigenvalue weighted by Gasteiger charge is -2.32. The molecule has 1 aliphatic rings. The van der Waals surface area contributed by atoms with Gasteiger partial charge in [-0.05, 0) is 42.0 Å². The Kier molecular flexibility index (Phi) is 4.96. The molecular formula is C21H21ClN2O2. The fraction of sp³-hybridized carbons (Fsp3) is 0.286. The Morgan fingerprint density at radius 1 is 1.12 bits per heavy atom. The van der Waals surface area contributed by atoms with Crippen molar-refractivity contribution in [2.75, 3.05) is 13.1 Å². The zero-order chi connectivity index (χ0) is 17.9. The third kappa shape index (κ3) is 3.76. The number of nitrogens with one attached hydrogen (secondary N) is 1. The molecule has 1 fully saturated rings. The summed E-state index contributed by atoms with van der Waals surface area (Å²) in [7, 11) is 0. The minimum absolute atomic E-state index is 0.134. The first kappa shape index (κ1) is 17.1. The van der Waals surface area contributed by atoms with Crippen LogP contribution in [0.4, 0.5) is 0 Å². The highest BCUT2D eigenvalue weighted by Gasteiger charge is 2.21. The van der Waals surface area contributed by atoms with E-state index in [2.05, 4.69) is 34.1 Å². The highest BCUT2D eigenvalue weighted by molar-refractivity contribution is 6.32. The number of aromatic amines is 1. The summed E-state index contributed by atoms with van der Waals surface area (Å²) < 4.78 is 6.16. The van der Waals surface area contributed by atoms with E-state index < -0.39 is 0 Å². The fourth-order valence-corrected chi connectivity index (χ4v) is 3.69. The normalized spacial score (nSPS) is 16.0. The second kappa shape index (κ2) is 7.52.